The van der Waals surface area contributed by atoms with Crippen LogP contribution in [0.2, 0.25) is 15.1 Å². The van der Waals surface area contributed by atoms with Gasteiger partial charge in [-0.25, -0.2) is 4.79 Å². The zero-order valence-electron chi connectivity index (χ0n) is 17.9. The fourth-order valence-electron chi connectivity index (χ4n) is 3.46. The molecule has 1 aliphatic rings. The summed E-state index contributed by atoms with van der Waals surface area (Å²) >= 11 is 22.1. The van der Waals surface area contributed by atoms with Gasteiger partial charge in [0.1, 0.15) is 12.3 Å². The van der Waals surface area contributed by atoms with Crippen LogP contribution >= 0.6 is 50.7 Å². The zero-order valence-corrected chi connectivity index (χ0v) is 21.7. The zero-order chi connectivity index (χ0) is 24.4. The molecule has 0 unspecified atom stereocenters. The molecule has 3 aromatic carbocycles. The highest BCUT2D eigenvalue weighted by Gasteiger charge is 2.33. The molecule has 1 N–H and O–H groups in total. The molecule has 1 fully saturated rings. The van der Waals surface area contributed by atoms with Gasteiger partial charge in [0.25, 0.3) is 5.91 Å². The van der Waals surface area contributed by atoms with Crippen molar-refractivity contribution in [3.8, 4) is 5.75 Å². The van der Waals surface area contributed by atoms with Crippen molar-refractivity contribution in [3.63, 3.8) is 0 Å². The number of carbonyl (C=O) groups excluding carboxylic acids is 2. The summed E-state index contributed by atoms with van der Waals surface area (Å²) in [6, 6.07) is 15.8. The maximum atomic E-state index is 12.8. The molecule has 4 rings (SSSR count). The molecule has 174 valence electrons. The molecule has 34 heavy (non-hydrogen) atoms. The van der Waals surface area contributed by atoms with Crippen molar-refractivity contribution in [2.45, 2.75) is 20.1 Å². The highest BCUT2D eigenvalue weighted by Crippen LogP contribution is 2.36. The third-order valence-corrected chi connectivity index (χ3v) is 6.56. The van der Waals surface area contributed by atoms with E-state index in [2.05, 4.69) is 21.2 Å². The number of amides is 3. The number of nitrogens with one attached hydrogen (secondary N) is 1. The van der Waals surface area contributed by atoms with Crippen LogP contribution in [-0.4, -0.2) is 16.8 Å². The Morgan fingerprint density at radius 3 is 2.53 bits per heavy atom. The minimum absolute atomic E-state index is 0.169. The predicted octanol–water partition coefficient (Wildman–Crippen LogP) is 7.39. The van der Waals surface area contributed by atoms with Gasteiger partial charge >= 0.3 is 6.03 Å². The van der Waals surface area contributed by atoms with Crippen LogP contribution in [0.1, 0.15) is 22.3 Å². The van der Waals surface area contributed by atoms with Crippen LogP contribution < -0.4 is 10.1 Å². The first-order chi connectivity index (χ1) is 16.2. The first-order valence-electron chi connectivity index (χ1n) is 10.2. The maximum absolute atomic E-state index is 12.8. The van der Waals surface area contributed by atoms with Gasteiger partial charge < -0.3 is 10.1 Å². The predicted molar refractivity (Wildman–Crippen MR) is 138 cm³/mol. The van der Waals surface area contributed by atoms with E-state index < -0.39 is 11.9 Å². The lowest BCUT2D eigenvalue weighted by atomic mass is 10.1. The van der Waals surface area contributed by atoms with Gasteiger partial charge in [0.05, 0.1) is 16.0 Å². The van der Waals surface area contributed by atoms with Crippen molar-refractivity contribution in [2.75, 3.05) is 0 Å². The van der Waals surface area contributed by atoms with Gasteiger partial charge in [-0.3, -0.25) is 9.69 Å². The molecule has 3 amide bonds. The molecule has 3 aromatic rings. The van der Waals surface area contributed by atoms with Crippen LogP contribution in [0.15, 0.2) is 64.8 Å². The first-order valence-corrected chi connectivity index (χ1v) is 12.1. The van der Waals surface area contributed by atoms with E-state index in [0.717, 1.165) is 16.7 Å². The third-order valence-electron chi connectivity index (χ3n) is 5.10. The van der Waals surface area contributed by atoms with Crippen molar-refractivity contribution < 1.29 is 14.3 Å². The molecule has 0 aliphatic carbocycles. The van der Waals surface area contributed by atoms with E-state index in [4.69, 9.17) is 39.5 Å². The van der Waals surface area contributed by atoms with Crippen molar-refractivity contribution in [3.05, 3.63) is 102 Å². The Balaban J connectivity index is 1.50. The molecule has 1 saturated heterocycles. The van der Waals surface area contributed by atoms with Gasteiger partial charge in [0.15, 0.2) is 5.75 Å². The Hall–Kier alpha value is -2.51. The molecule has 1 heterocycles. The second-order valence-electron chi connectivity index (χ2n) is 7.71. The van der Waals surface area contributed by atoms with Crippen LogP contribution in [0.25, 0.3) is 6.08 Å². The summed E-state index contributed by atoms with van der Waals surface area (Å²) in [4.78, 5) is 26.4. The average molecular weight is 581 g/mol. The van der Waals surface area contributed by atoms with Crippen molar-refractivity contribution in [2.24, 2.45) is 0 Å². The fraction of sp³-hybridized carbons (Fsp3) is 0.120. The minimum atomic E-state index is -0.470. The highest BCUT2D eigenvalue weighted by atomic mass is 79.9. The van der Waals surface area contributed by atoms with Crippen molar-refractivity contribution >= 4 is 68.7 Å². The van der Waals surface area contributed by atoms with E-state index in [1.165, 1.54) is 4.90 Å². The van der Waals surface area contributed by atoms with Crippen LogP contribution in [-0.2, 0) is 17.9 Å². The van der Waals surface area contributed by atoms with Gasteiger partial charge in [0, 0.05) is 15.6 Å². The molecule has 0 atom stereocenters. The van der Waals surface area contributed by atoms with E-state index in [9.17, 15) is 9.59 Å². The molecule has 5 nitrogen and oxygen atoms in total. The number of urea groups is 1. The van der Waals surface area contributed by atoms with Crippen LogP contribution in [0.3, 0.4) is 0 Å². The number of halogens is 4. The largest absolute Gasteiger partial charge is 0.486 e. The van der Waals surface area contributed by atoms with Gasteiger partial charge in [-0.2, -0.15) is 0 Å². The number of benzene rings is 3. The molecular formula is C25H18BrCl3N2O3. The second kappa shape index (κ2) is 10.4. The van der Waals surface area contributed by atoms with Crippen molar-refractivity contribution in [1.29, 1.82) is 0 Å². The Morgan fingerprint density at radius 1 is 1.03 bits per heavy atom. The lowest BCUT2D eigenvalue weighted by Gasteiger charge is -2.13. The number of rotatable bonds is 6. The number of nitrogens with zero attached hydrogens (tertiary/aromatic N) is 1. The summed E-state index contributed by atoms with van der Waals surface area (Å²) in [7, 11) is 0. The topological polar surface area (TPSA) is 58.6 Å². The number of carbonyl (C=O) groups is 2. The van der Waals surface area contributed by atoms with E-state index >= 15 is 0 Å². The Kier molecular flexibility index (Phi) is 7.53. The Bertz CT molecular complexity index is 1300. The molecule has 0 radical (unpaired) electrons. The van der Waals surface area contributed by atoms with E-state index in [-0.39, 0.29) is 18.8 Å². The summed E-state index contributed by atoms with van der Waals surface area (Å²) in [6.07, 6.45) is 1.58. The number of aryl methyl sites for hydroxylation is 1. The summed E-state index contributed by atoms with van der Waals surface area (Å²) in [5, 5.41) is 4.00. The monoisotopic (exact) mass is 578 g/mol. The minimum Gasteiger partial charge on any atom is -0.486 e. The SMILES string of the molecule is Cc1cccc(CN2C(=O)N/C(=C/c3cc(Cl)c(OCc4ccc(Cl)cc4Cl)c(Br)c3)C2=O)c1. The normalized spacial score (nSPS) is 14.6. The summed E-state index contributed by atoms with van der Waals surface area (Å²) in [5.74, 6) is 0.0224. The van der Waals surface area contributed by atoms with Crippen LogP contribution in [0.5, 0.6) is 5.75 Å². The number of ether oxygens (including phenoxy) is 1. The summed E-state index contributed by atoms with van der Waals surface area (Å²) < 4.78 is 6.45. The number of imide groups is 1. The third kappa shape index (κ3) is 5.58. The van der Waals surface area contributed by atoms with E-state index in [1.54, 1.807) is 36.4 Å². The lowest BCUT2D eigenvalue weighted by molar-refractivity contribution is -0.123. The molecule has 9 heteroatoms. The number of hydrogen-bond acceptors (Lipinski definition) is 3. The van der Waals surface area contributed by atoms with Gasteiger partial charge in [-0.15, -0.1) is 0 Å². The van der Waals surface area contributed by atoms with Crippen LogP contribution in [0.4, 0.5) is 4.79 Å². The first kappa shape index (κ1) is 24.6. The highest BCUT2D eigenvalue weighted by molar-refractivity contribution is 9.10. The molecule has 0 bridgehead atoms. The molecule has 0 aromatic heterocycles. The van der Waals surface area contributed by atoms with Crippen molar-refractivity contribution in [1.82, 2.24) is 10.2 Å². The van der Waals surface area contributed by atoms with Gasteiger partial charge in [-0.1, -0.05) is 70.7 Å². The summed E-state index contributed by atoms with van der Waals surface area (Å²) in [5.41, 5.74) is 3.48. The van der Waals surface area contributed by atoms with E-state index in [1.807, 2.05) is 31.2 Å². The molecule has 0 saturated carbocycles. The fourth-order valence-corrected chi connectivity index (χ4v) is 4.92. The second-order valence-corrected chi connectivity index (χ2v) is 9.81. The van der Waals surface area contributed by atoms with Gasteiger partial charge in [0.2, 0.25) is 0 Å². The molecular weight excluding hydrogens is 563 g/mol. The van der Waals surface area contributed by atoms with E-state index in [0.29, 0.717) is 30.9 Å². The standard InChI is InChI=1S/C25H18BrCl3N2O3/c1-14-3-2-4-15(7-14)12-31-24(32)22(30-25(31)33)10-16-8-19(26)23(21(29)9-16)34-13-17-5-6-18(27)11-20(17)28/h2-11H,12-13H2,1H3,(H,30,33)/b22-10+. The molecule has 0 spiro atoms. The molecule has 1 aliphatic heterocycles. The van der Waals surface area contributed by atoms with Gasteiger partial charge in [-0.05, 0) is 64.3 Å². The maximum Gasteiger partial charge on any atom is 0.329 e. The summed E-state index contributed by atoms with van der Waals surface area (Å²) in [6.45, 7) is 2.34. The number of hydrogen-bond donors (Lipinski definition) is 1. The Labute approximate surface area is 220 Å². The Morgan fingerprint density at radius 2 is 1.82 bits per heavy atom. The van der Waals surface area contributed by atoms with Crippen LogP contribution in [0, 0.1) is 6.92 Å². The smallest absolute Gasteiger partial charge is 0.329 e. The average Bonchev–Trinajstić information content (AvgIpc) is 3.02. The lowest BCUT2D eigenvalue weighted by Crippen LogP contribution is -2.30. The quantitative estimate of drug-likeness (QED) is 0.244.